The van der Waals surface area contributed by atoms with Crippen LogP contribution >= 0.6 is 0 Å². The van der Waals surface area contributed by atoms with Crippen molar-refractivity contribution in [1.82, 2.24) is 0 Å². The number of hydrogen-bond acceptors (Lipinski definition) is 0. The van der Waals surface area contributed by atoms with Gasteiger partial charge in [0.05, 0.1) is 16.6 Å². The first kappa shape index (κ1) is 42.1. The van der Waals surface area contributed by atoms with Crippen molar-refractivity contribution in [2.24, 2.45) is 35.5 Å². The number of allylic oxidation sites excluding steroid dienone is 1. The van der Waals surface area contributed by atoms with Gasteiger partial charge in [0.2, 0.25) is 0 Å². The van der Waals surface area contributed by atoms with Crippen LogP contribution in [0.25, 0.3) is 6.08 Å². The van der Waals surface area contributed by atoms with Gasteiger partial charge in [0.15, 0.2) is 0 Å². The molecule has 5 aliphatic rings. The zero-order chi connectivity index (χ0) is 29.5. The Morgan fingerprint density at radius 2 is 1.31 bits per heavy atom. The largest absolute Gasteiger partial charge is 4.00 e. The number of rotatable bonds is 9. The predicted molar refractivity (Wildman–Crippen MR) is 220 cm³/mol. The minimum Gasteiger partial charge on any atom is -0.358 e. The Balaban J connectivity index is 0.00000130. The molecule has 3 heteroatoms. The fourth-order valence-electron chi connectivity index (χ4n) is 12.1. The summed E-state index contributed by atoms with van der Waals surface area (Å²) in [6.45, 7) is 2.38. The van der Waals surface area contributed by atoms with E-state index in [1.54, 1.807) is 18.4 Å². The summed E-state index contributed by atoms with van der Waals surface area (Å²) in [4.78, 5) is 0. The normalized spacial score (nSPS) is 31.7. The van der Waals surface area contributed by atoms with Crippen molar-refractivity contribution < 1.29 is 26.2 Å². The van der Waals surface area contributed by atoms with Gasteiger partial charge in [-0.05, 0) is 77.0 Å². The standard InChI is InChI=1S/C42H54Si2.4CH3.Zr/c1-2-3-13-30-22-24-35(28-30)43(33-16-6-4-7-17-33)44(34-18-8-5-9-19-34)41-27-26-39-40(41)29-32-15-12-21-37(32)42(39)38-25-23-31-14-10-11-20-36(31)38;;;;;/h4-11,14,16-20,23,25,30,32,35,37-44H,2-3,12-13,15,21-22,24,26-29H2,1H3;4*1H3;/q;4*-1;+4. The smallest absolute Gasteiger partial charge is 0.358 e. The van der Waals surface area contributed by atoms with Crippen LogP contribution in [0.1, 0.15) is 101 Å². The van der Waals surface area contributed by atoms with Gasteiger partial charge in [-0.2, -0.15) is 0 Å². The average molecular weight is 766 g/mol. The molecule has 0 heterocycles. The fourth-order valence-corrected chi connectivity index (χ4v) is 28.9. The van der Waals surface area contributed by atoms with E-state index < -0.39 is 16.6 Å². The SMILES string of the molecule is CCCCC1CCC([SiH](c2ccccc2)[SiH](c2ccccc2)C2CCC3C2CC2CCCC2C3C2C=Cc3ccccc32)C1.[CH3-].[CH3-].[CH3-].[CH3-].[Zr+4]. The van der Waals surface area contributed by atoms with Crippen molar-refractivity contribution in [2.45, 2.75) is 101 Å². The first-order chi connectivity index (χ1) is 21.8. The Bertz CT molecular complexity index is 1420. The van der Waals surface area contributed by atoms with E-state index in [2.05, 4.69) is 104 Å². The van der Waals surface area contributed by atoms with E-state index in [1.165, 1.54) is 69.8 Å². The van der Waals surface area contributed by atoms with Crippen LogP contribution in [-0.4, -0.2) is 16.6 Å². The molecule has 49 heavy (non-hydrogen) atoms. The molecule has 3 aromatic carbocycles. The van der Waals surface area contributed by atoms with Crippen LogP contribution in [0, 0.1) is 65.2 Å². The Labute approximate surface area is 325 Å². The second-order valence-electron chi connectivity index (χ2n) is 15.7. The van der Waals surface area contributed by atoms with Crippen LogP contribution < -0.4 is 10.4 Å². The first-order valence-corrected chi connectivity index (χ1v) is 23.8. The van der Waals surface area contributed by atoms with Crippen LogP contribution in [-0.2, 0) is 26.2 Å². The Hall–Kier alpha value is -1.28. The molecule has 0 spiro atoms. The quantitative estimate of drug-likeness (QED) is 0.150. The minimum atomic E-state index is -1.23. The van der Waals surface area contributed by atoms with E-state index in [0.717, 1.165) is 46.6 Å². The molecular formula is C46H66Si2Zr. The molecule has 0 aliphatic heterocycles. The monoisotopic (exact) mass is 764 g/mol. The number of unbranched alkanes of at least 4 members (excludes halogenated alkanes) is 1. The molecule has 0 radical (unpaired) electrons. The summed E-state index contributed by atoms with van der Waals surface area (Å²) >= 11 is 0. The summed E-state index contributed by atoms with van der Waals surface area (Å²) in [5.74, 6) is 6.38. The summed E-state index contributed by atoms with van der Waals surface area (Å²) < 4.78 is 0. The second-order valence-corrected chi connectivity index (χ2v) is 25.2. The molecule has 4 saturated carbocycles. The summed E-state index contributed by atoms with van der Waals surface area (Å²) in [5.41, 5.74) is 5.18. The van der Waals surface area contributed by atoms with Gasteiger partial charge in [0, 0.05) is 5.92 Å². The first-order valence-electron chi connectivity index (χ1n) is 18.7. The van der Waals surface area contributed by atoms with Crippen LogP contribution in [0.4, 0.5) is 0 Å². The molecule has 262 valence electrons. The van der Waals surface area contributed by atoms with Gasteiger partial charge in [-0.25, -0.2) is 0 Å². The molecular weight excluding hydrogens is 700 g/mol. The molecule has 0 amide bonds. The zero-order valence-corrected chi connectivity index (χ0v) is 36.3. The molecule has 11 unspecified atom stereocenters. The molecule has 3 aromatic rings. The van der Waals surface area contributed by atoms with Crippen LogP contribution in [0.15, 0.2) is 91.0 Å². The fraction of sp³-hybridized carbons (Fsp3) is 0.478. The van der Waals surface area contributed by atoms with Gasteiger partial charge in [-0.3, -0.25) is 0 Å². The number of hydrogen-bond donors (Lipinski definition) is 0. The molecule has 4 fully saturated rings. The van der Waals surface area contributed by atoms with E-state index >= 15 is 0 Å². The van der Waals surface area contributed by atoms with E-state index in [1.807, 2.05) is 10.4 Å². The third-order valence-corrected chi connectivity index (χ3v) is 27.9. The number of fused-ring (bicyclic) bond motifs is 3. The van der Waals surface area contributed by atoms with E-state index in [4.69, 9.17) is 0 Å². The van der Waals surface area contributed by atoms with Gasteiger partial charge in [-0.1, -0.05) is 172 Å². The van der Waals surface area contributed by atoms with Crippen molar-refractivity contribution in [2.75, 3.05) is 0 Å². The van der Waals surface area contributed by atoms with E-state index in [0.29, 0.717) is 5.92 Å². The van der Waals surface area contributed by atoms with Crippen molar-refractivity contribution in [1.29, 1.82) is 0 Å². The minimum absolute atomic E-state index is 0. The van der Waals surface area contributed by atoms with Crippen LogP contribution in [0.2, 0.25) is 11.1 Å². The van der Waals surface area contributed by atoms with Gasteiger partial charge in [0.25, 0.3) is 0 Å². The molecule has 0 nitrogen and oxygen atoms in total. The molecule has 0 N–H and O–H groups in total. The summed E-state index contributed by atoms with van der Waals surface area (Å²) in [6, 6.07) is 34.0. The van der Waals surface area contributed by atoms with Gasteiger partial charge >= 0.3 is 26.2 Å². The maximum Gasteiger partial charge on any atom is 4.00 e. The van der Waals surface area contributed by atoms with Gasteiger partial charge in [0.1, 0.15) is 0 Å². The molecule has 0 bridgehead atoms. The van der Waals surface area contributed by atoms with Crippen molar-refractivity contribution in [3.8, 4) is 0 Å². The maximum absolute atomic E-state index is 2.66. The van der Waals surface area contributed by atoms with Gasteiger partial charge in [-0.15, -0.1) is 0 Å². The van der Waals surface area contributed by atoms with Crippen molar-refractivity contribution >= 4 is 33.1 Å². The second kappa shape index (κ2) is 19.0. The van der Waals surface area contributed by atoms with Crippen LogP contribution in [0.3, 0.4) is 0 Å². The summed E-state index contributed by atoms with van der Waals surface area (Å²) in [7, 11) is -2.42. The summed E-state index contributed by atoms with van der Waals surface area (Å²) in [5, 5.41) is 3.67. The van der Waals surface area contributed by atoms with E-state index in [9.17, 15) is 0 Å². The predicted octanol–water partition coefficient (Wildman–Crippen LogP) is 11.1. The molecule has 5 aliphatic carbocycles. The summed E-state index contributed by atoms with van der Waals surface area (Å²) in [6.07, 6.45) is 23.1. The number of benzene rings is 3. The molecule has 11 atom stereocenters. The van der Waals surface area contributed by atoms with Crippen molar-refractivity contribution in [3.05, 3.63) is 132 Å². The van der Waals surface area contributed by atoms with Gasteiger partial charge < -0.3 is 29.7 Å². The van der Waals surface area contributed by atoms with E-state index in [-0.39, 0.29) is 55.9 Å². The average Bonchev–Trinajstić information content (AvgIpc) is 3.89. The Morgan fingerprint density at radius 3 is 2.02 bits per heavy atom. The maximum atomic E-state index is 2.66. The molecule has 0 aromatic heterocycles. The topological polar surface area (TPSA) is 0 Å². The third-order valence-electron chi connectivity index (χ3n) is 13.7. The third kappa shape index (κ3) is 8.20. The molecule has 8 rings (SSSR count). The molecule has 0 saturated heterocycles. The Kier molecular flexibility index (Phi) is 16.3. The van der Waals surface area contributed by atoms with Crippen molar-refractivity contribution in [3.63, 3.8) is 0 Å². The zero-order valence-electron chi connectivity index (χ0n) is 31.6. The Morgan fingerprint density at radius 1 is 0.633 bits per heavy atom. The van der Waals surface area contributed by atoms with Crippen LogP contribution in [0.5, 0.6) is 0 Å².